The van der Waals surface area contributed by atoms with Crippen LogP contribution in [-0.4, -0.2) is 21.6 Å². The van der Waals surface area contributed by atoms with Gasteiger partial charge in [0.05, 0.1) is 22.5 Å². The van der Waals surface area contributed by atoms with Gasteiger partial charge in [-0.05, 0) is 56.2 Å². The Morgan fingerprint density at radius 1 is 1.00 bits per heavy atom. The molecule has 0 radical (unpaired) electrons. The smallest absolute Gasteiger partial charge is 0.234 e. The summed E-state index contributed by atoms with van der Waals surface area (Å²) in [6, 6.07) is 13.8. The fourth-order valence-corrected chi connectivity index (χ4v) is 3.34. The molecule has 1 N–H and O–H groups in total. The molecule has 3 rings (SSSR count). The number of fused-ring (bicyclic) bond motifs is 1. The lowest BCUT2D eigenvalue weighted by molar-refractivity contribution is -0.113. The average molecular weight is 337 g/mol. The molecule has 0 aliphatic carbocycles. The Balaban J connectivity index is 1.69. The number of aryl methyl sites for hydroxylation is 3. The van der Waals surface area contributed by atoms with E-state index in [1.54, 1.807) is 0 Å². The monoisotopic (exact) mass is 337 g/mol. The number of thioether (sulfide) groups is 1. The molecule has 3 aromatic rings. The Labute approximate surface area is 145 Å². The van der Waals surface area contributed by atoms with Gasteiger partial charge in [0.2, 0.25) is 5.91 Å². The summed E-state index contributed by atoms with van der Waals surface area (Å²) in [6.07, 6.45) is 0. The first-order valence-electron chi connectivity index (χ1n) is 7.75. The molecule has 2 aromatic carbocycles. The zero-order valence-corrected chi connectivity index (χ0v) is 14.8. The van der Waals surface area contributed by atoms with Crippen molar-refractivity contribution in [2.75, 3.05) is 11.1 Å². The number of hydrogen-bond donors (Lipinski definition) is 1. The summed E-state index contributed by atoms with van der Waals surface area (Å²) < 4.78 is 0. The third kappa shape index (κ3) is 3.92. The topological polar surface area (TPSA) is 54.9 Å². The zero-order chi connectivity index (χ0) is 17.1. The molecule has 24 heavy (non-hydrogen) atoms. The summed E-state index contributed by atoms with van der Waals surface area (Å²) in [4.78, 5) is 21.4. The standard InChI is InChI=1S/C19H19N3OS/c1-12-8-13(2)10-15(9-12)21-18(23)11-24-19-14(3)20-16-6-4-5-7-17(16)22-19/h4-10H,11H2,1-3H3,(H,21,23). The summed E-state index contributed by atoms with van der Waals surface area (Å²) in [7, 11) is 0. The Hall–Kier alpha value is -2.40. The molecule has 0 saturated heterocycles. The van der Waals surface area contributed by atoms with E-state index in [4.69, 9.17) is 0 Å². The Bertz CT molecular complexity index is 888. The first-order valence-corrected chi connectivity index (χ1v) is 8.74. The van der Waals surface area contributed by atoms with Crippen LogP contribution in [0.15, 0.2) is 47.5 Å². The number of aromatic nitrogens is 2. The third-order valence-electron chi connectivity index (χ3n) is 3.55. The predicted octanol–water partition coefficient (Wildman–Crippen LogP) is 4.29. The van der Waals surface area contributed by atoms with Gasteiger partial charge < -0.3 is 5.32 Å². The van der Waals surface area contributed by atoms with Crippen molar-refractivity contribution >= 4 is 34.4 Å². The SMILES string of the molecule is Cc1cc(C)cc(NC(=O)CSc2nc3ccccc3nc2C)c1. The van der Waals surface area contributed by atoms with Crippen molar-refractivity contribution in [3.63, 3.8) is 0 Å². The Kier molecular flexibility index (Phi) is 4.81. The molecule has 0 atom stereocenters. The maximum Gasteiger partial charge on any atom is 0.234 e. The summed E-state index contributed by atoms with van der Waals surface area (Å²) in [6.45, 7) is 5.96. The van der Waals surface area contributed by atoms with Crippen LogP contribution in [0.4, 0.5) is 5.69 Å². The molecule has 5 heteroatoms. The lowest BCUT2D eigenvalue weighted by Gasteiger charge is -2.08. The number of nitrogens with zero attached hydrogens (tertiary/aromatic N) is 2. The van der Waals surface area contributed by atoms with Crippen LogP contribution in [-0.2, 0) is 4.79 Å². The molecular weight excluding hydrogens is 318 g/mol. The molecule has 0 unspecified atom stereocenters. The third-order valence-corrected chi connectivity index (χ3v) is 4.61. The minimum Gasteiger partial charge on any atom is -0.325 e. The van der Waals surface area contributed by atoms with E-state index >= 15 is 0 Å². The molecule has 0 saturated carbocycles. The number of anilines is 1. The highest BCUT2D eigenvalue weighted by molar-refractivity contribution is 8.00. The minimum absolute atomic E-state index is 0.0423. The highest BCUT2D eigenvalue weighted by Gasteiger charge is 2.09. The van der Waals surface area contributed by atoms with E-state index in [1.165, 1.54) is 11.8 Å². The second-order valence-corrected chi connectivity index (χ2v) is 6.78. The van der Waals surface area contributed by atoms with Gasteiger partial charge in [-0.25, -0.2) is 9.97 Å². The van der Waals surface area contributed by atoms with Gasteiger partial charge in [0.25, 0.3) is 0 Å². The van der Waals surface area contributed by atoms with E-state index in [-0.39, 0.29) is 5.91 Å². The fourth-order valence-electron chi connectivity index (χ4n) is 2.59. The Morgan fingerprint density at radius 3 is 2.29 bits per heavy atom. The number of carbonyl (C=O) groups excluding carboxylic acids is 1. The number of nitrogens with one attached hydrogen (secondary N) is 1. The molecule has 4 nitrogen and oxygen atoms in total. The van der Waals surface area contributed by atoms with Crippen LogP contribution in [0.1, 0.15) is 16.8 Å². The lowest BCUT2D eigenvalue weighted by atomic mass is 10.1. The van der Waals surface area contributed by atoms with Gasteiger partial charge in [-0.2, -0.15) is 0 Å². The van der Waals surface area contributed by atoms with Crippen LogP contribution >= 0.6 is 11.8 Å². The Morgan fingerprint density at radius 2 is 1.62 bits per heavy atom. The minimum atomic E-state index is -0.0423. The summed E-state index contributed by atoms with van der Waals surface area (Å²) >= 11 is 1.41. The van der Waals surface area contributed by atoms with Gasteiger partial charge in [-0.1, -0.05) is 30.0 Å². The van der Waals surface area contributed by atoms with Gasteiger partial charge in [0, 0.05) is 5.69 Å². The molecule has 1 amide bonds. The molecule has 0 spiro atoms. The first-order chi connectivity index (χ1) is 11.5. The fraction of sp³-hybridized carbons (Fsp3) is 0.211. The molecule has 122 valence electrons. The van der Waals surface area contributed by atoms with Gasteiger partial charge in [0.15, 0.2) is 0 Å². The zero-order valence-electron chi connectivity index (χ0n) is 14.0. The van der Waals surface area contributed by atoms with E-state index in [0.717, 1.165) is 38.6 Å². The second kappa shape index (κ2) is 7.01. The van der Waals surface area contributed by atoms with Crippen LogP contribution < -0.4 is 5.32 Å². The lowest BCUT2D eigenvalue weighted by Crippen LogP contribution is -2.14. The highest BCUT2D eigenvalue weighted by Crippen LogP contribution is 2.22. The first kappa shape index (κ1) is 16.5. The summed E-state index contributed by atoms with van der Waals surface area (Å²) in [5.74, 6) is 0.264. The van der Waals surface area contributed by atoms with Crippen molar-refractivity contribution in [2.24, 2.45) is 0 Å². The maximum atomic E-state index is 12.2. The normalized spacial score (nSPS) is 10.8. The van der Waals surface area contributed by atoms with Gasteiger partial charge >= 0.3 is 0 Å². The van der Waals surface area contributed by atoms with E-state index in [9.17, 15) is 4.79 Å². The van der Waals surface area contributed by atoms with Crippen molar-refractivity contribution in [3.8, 4) is 0 Å². The molecule has 0 aliphatic heterocycles. The van der Waals surface area contributed by atoms with Gasteiger partial charge in [0.1, 0.15) is 5.03 Å². The van der Waals surface area contributed by atoms with E-state index in [2.05, 4.69) is 21.4 Å². The van der Waals surface area contributed by atoms with Crippen LogP contribution in [0.5, 0.6) is 0 Å². The number of carbonyl (C=O) groups is 1. The largest absolute Gasteiger partial charge is 0.325 e. The molecule has 1 heterocycles. The molecule has 0 aliphatic rings. The number of amides is 1. The van der Waals surface area contributed by atoms with Crippen LogP contribution in [0.25, 0.3) is 11.0 Å². The second-order valence-electron chi connectivity index (χ2n) is 5.82. The average Bonchev–Trinajstić information content (AvgIpc) is 2.52. The van der Waals surface area contributed by atoms with E-state index < -0.39 is 0 Å². The summed E-state index contributed by atoms with van der Waals surface area (Å²) in [5.41, 5.74) is 5.67. The molecule has 0 bridgehead atoms. The van der Waals surface area contributed by atoms with E-state index in [1.807, 2.05) is 57.2 Å². The number of para-hydroxylation sites is 2. The van der Waals surface area contributed by atoms with Crippen LogP contribution in [0.3, 0.4) is 0 Å². The quantitative estimate of drug-likeness (QED) is 0.722. The number of rotatable bonds is 4. The maximum absolute atomic E-state index is 12.2. The molecule has 1 aromatic heterocycles. The van der Waals surface area contributed by atoms with E-state index in [0.29, 0.717) is 5.75 Å². The predicted molar refractivity (Wildman–Crippen MR) is 99.5 cm³/mol. The molecule has 0 fully saturated rings. The van der Waals surface area contributed by atoms with Gasteiger partial charge in [-0.15, -0.1) is 0 Å². The van der Waals surface area contributed by atoms with Crippen molar-refractivity contribution in [1.82, 2.24) is 9.97 Å². The van der Waals surface area contributed by atoms with Crippen molar-refractivity contribution in [2.45, 2.75) is 25.8 Å². The van der Waals surface area contributed by atoms with Crippen LogP contribution in [0, 0.1) is 20.8 Å². The highest BCUT2D eigenvalue weighted by atomic mass is 32.2. The van der Waals surface area contributed by atoms with Crippen molar-refractivity contribution < 1.29 is 4.79 Å². The summed E-state index contributed by atoms with van der Waals surface area (Å²) in [5, 5.41) is 3.74. The van der Waals surface area contributed by atoms with Gasteiger partial charge in [-0.3, -0.25) is 4.79 Å². The van der Waals surface area contributed by atoms with Crippen LogP contribution in [0.2, 0.25) is 0 Å². The van der Waals surface area contributed by atoms with Crippen molar-refractivity contribution in [3.05, 3.63) is 59.3 Å². The number of benzene rings is 2. The number of hydrogen-bond acceptors (Lipinski definition) is 4. The van der Waals surface area contributed by atoms with Crippen molar-refractivity contribution in [1.29, 1.82) is 0 Å². The molecular formula is C19H19N3OS.